The Morgan fingerprint density at radius 1 is 0.754 bits per heavy atom. The highest BCUT2D eigenvalue weighted by molar-refractivity contribution is 6.34. The van der Waals surface area contributed by atoms with E-state index in [0.717, 1.165) is 38.0 Å². The first-order chi connectivity index (χ1) is 26.9. The van der Waals surface area contributed by atoms with Crippen molar-refractivity contribution in [2.75, 3.05) is 13.2 Å². The number of hydrogen-bond acceptors (Lipinski definition) is 14. The summed E-state index contributed by atoms with van der Waals surface area (Å²) in [5.74, 6) is -2.79. The molecule has 0 unspecified atom stereocenters. The van der Waals surface area contributed by atoms with E-state index in [1.54, 1.807) is 34.6 Å². The summed E-state index contributed by atoms with van der Waals surface area (Å²) in [6.07, 6.45) is 18.1. The van der Waals surface area contributed by atoms with Crippen molar-refractivity contribution in [1.82, 2.24) is 10.1 Å². The summed E-state index contributed by atoms with van der Waals surface area (Å²) < 4.78 is 25.7. The highest BCUT2D eigenvalue weighted by Gasteiger charge is 2.29. The van der Waals surface area contributed by atoms with Crippen molar-refractivity contribution in [3.8, 4) is 0 Å². The van der Waals surface area contributed by atoms with E-state index >= 15 is 0 Å². The number of nitrogens with two attached hydrogens (primary N) is 1. The van der Waals surface area contributed by atoms with Crippen LogP contribution in [0.15, 0.2) is 9.68 Å². The highest BCUT2D eigenvalue weighted by atomic mass is 16.7. The lowest BCUT2D eigenvalue weighted by atomic mass is 9.84. The molecule has 2 saturated carbocycles. The van der Waals surface area contributed by atoms with Gasteiger partial charge in [-0.2, -0.15) is 4.98 Å². The Hall–Kier alpha value is -4.04. The quantitative estimate of drug-likeness (QED) is 0.0370. The molecule has 324 valence electrons. The van der Waals surface area contributed by atoms with Crippen molar-refractivity contribution in [2.24, 2.45) is 28.6 Å². The Bertz CT molecular complexity index is 1420. The van der Waals surface area contributed by atoms with Crippen molar-refractivity contribution in [3.05, 3.63) is 11.7 Å². The number of nitrogens with zero attached hydrogens (tertiary/aromatic N) is 3. The normalized spacial score (nSPS) is 16.7. The summed E-state index contributed by atoms with van der Waals surface area (Å²) in [7, 11) is 0. The second-order valence-electron chi connectivity index (χ2n) is 17.1. The minimum absolute atomic E-state index is 0.0988. The first-order valence-corrected chi connectivity index (χ1v) is 21.1. The van der Waals surface area contributed by atoms with E-state index in [1.807, 2.05) is 20.8 Å². The molecule has 3 rings (SSSR count). The predicted octanol–water partition coefficient (Wildman–Crippen LogP) is 8.28. The second-order valence-corrected chi connectivity index (χ2v) is 17.1. The zero-order valence-electron chi connectivity index (χ0n) is 35.9. The zero-order valence-corrected chi connectivity index (χ0v) is 35.9. The molecule has 2 aliphatic rings. The molecule has 15 nitrogen and oxygen atoms in total. The molecule has 0 aromatic carbocycles. The van der Waals surface area contributed by atoms with E-state index in [2.05, 4.69) is 20.0 Å². The van der Waals surface area contributed by atoms with Crippen molar-refractivity contribution in [3.63, 3.8) is 0 Å². The molecule has 2 atom stereocenters. The molecule has 1 heterocycles. The average molecular weight is 807 g/mol. The summed E-state index contributed by atoms with van der Waals surface area (Å²) in [5, 5.41) is 7.08. The summed E-state index contributed by atoms with van der Waals surface area (Å²) in [5.41, 5.74) is 4.25. The monoisotopic (exact) mass is 807 g/mol. The summed E-state index contributed by atoms with van der Waals surface area (Å²) in [6, 6.07) is 0. The van der Waals surface area contributed by atoms with E-state index < -0.39 is 46.8 Å². The van der Waals surface area contributed by atoms with E-state index in [0.29, 0.717) is 18.2 Å². The molecule has 1 aromatic heterocycles. The maximum Gasteiger partial charge on any atom is 0.379 e. The fraction of sp³-hybridized carbons (Fsp3) is 0.810. The first-order valence-electron chi connectivity index (χ1n) is 21.1. The number of hydrogen-bond donors (Lipinski definition) is 1. The van der Waals surface area contributed by atoms with Gasteiger partial charge in [0.1, 0.15) is 11.2 Å². The van der Waals surface area contributed by atoms with Crippen molar-refractivity contribution in [1.29, 1.82) is 0 Å². The van der Waals surface area contributed by atoms with Crippen LogP contribution in [0.1, 0.15) is 193 Å². The molecule has 2 aliphatic carbocycles. The van der Waals surface area contributed by atoms with Gasteiger partial charge < -0.3 is 34.0 Å². The van der Waals surface area contributed by atoms with Gasteiger partial charge in [0.2, 0.25) is 11.7 Å². The molecule has 0 radical (unpaired) electrons. The summed E-state index contributed by atoms with van der Waals surface area (Å²) >= 11 is 0. The van der Waals surface area contributed by atoms with Gasteiger partial charge in [0.05, 0.1) is 32.0 Å². The van der Waals surface area contributed by atoms with Gasteiger partial charge in [-0.05, 0) is 85.2 Å². The number of ether oxygens (including phenoxy) is 4. The van der Waals surface area contributed by atoms with Gasteiger partial charge in [-0.1, -0.05) is 95.0 Å². The van der Waals surface area contributed by atoms with Gasteiger partial charge in [-0.25, -0.2) is 14.4 Å². The molecule has 0 saturated heterocycles. The number of esters is 4. The number of amidine groups is 1. The Balaban J connectivity index is 0.000000394. The van der Waals surface area contributed by atoms with Crippen LogP contribution in [-0.4, -0.2) is 70.2 Å². The highest BCUT2D eigenvalue weighted by Crippen LogP contribution is 2.32. The van der Waals surface area contributed by atoms with E-state index in [1.165, 1.54) is 64.2 Å². The molecule has 0 amide bonds. The third kappa shape index (κ3) is 21.3. The van der Waals surface area contributed by atoms with Gasteiger partial charge in [0, 0.05) is 5.92 Å². The van der Waals surface area contributed by atoms with Crippen LogP contribution in [0.25, 0.3) is 0 Å². The lowest BCUT2D eigenvalue weighted by Gasteiger charge is -2.23. The van der Waals surface area contributed by atoms with Crippen LogP contribution in [0.3, 0.4) is 0 Å². The molecule has 57 heavy (non-hydrogen) atoms. The molecule has 2 N–H and O–H groups in total. The summed E-state index contributed by atoms with van der Waals surface area (Å²) in [4.78, 5) is 69.3. The van der Waals surface area contributed by atoms with Gasteiger partial charge >= 0.3 is 29.8 Å². The Labute approximate surface area is 339 Å². The summed E-state index contributed by atoms with van der Waals surface area (Å²) in [6.45, 7) is 14.5. The van der Waals surface area contributed by atoms with E-state index in [9.17, 15) is 24.0 Å². The first kappa shape index (κ1) is 49.1. The molecule has 0 aliphatic heterocycles. The third-order valence-electron chi connectivity index (χ3n) is 9.75. The van der Waals surface area contributed by atoms with Crippen LogP contribution in [0.5, 0.6) is 0 Å². The maximum atomic E-state index is 12.5. The van der Waals surface area contributed by atoms with Crippen LogP contribution in [0, 0.1) is 17.8 Å². The number of carbonyl (C=O) groups excluding carboxylic acids is 5. The maximum absolute atomic E-state index is 12.5. The van der Waals surface area contributed by atoms with E-state index in [4.69, 9.17) is 29.3 Å². The number of rotatable bonds is 18. The zero-order chi connectivity index (χ0) is 42.4. The smallest absolute Gasteiger partial charge is 0.379 e. The van der Waals surface area contributed by atoms with Crippen LogP contribution < -0.4 is 5.73 Å². The number of aromatic nitrogens is 2. The molecular weight excluding hydrogens is 736 g/mol. The lowest BCUT2D eigenvalue weighted by molar-refractivity contribution is -0.162. The van der Waals surface area contributed by atoms with Gasteiger partial charge in [-0.15, -0.1) is 0 Å². The average Bonchev–Trinajstić information content (AvgIpc) is 3.63. The van der Waals surface area contributed by atoms with Crippen LogP contribution in [0.2, 0.25) is 0 Å². The third-order valence-corrected chi connectivity index (χ3v) is 9.75. The fourth-order valence-corrected chi connectivity index (χ4v) is 7.13. The van der Waals surface area contributed by atoms with E-state index in [-0.39, 0.29) is 43.8 Å². The molecule has 0 bridgehead atoms. The van der Waals surface area contributed by atoms with Crippen LogP contribution in [0.4, 0.5) is 0 Å². The SMILES string of the molecule is CCOC(=O)/C(N)=N/OC(=O)[C@H](CCCC1CCCCC1)CC(=O)OC(C)(C)C.CCOC(=O)c1noc([C@H](CCCC2CCCCC2)CC(=O)OC(C)(C)C)n1. The topological polar surface area (TPSA) is 209 Å². The Morgan fingerprint density at radius 2 is 1.26 bits per heavy atom. The van der Waals surface area contributed by atoms with Crippen molar-refractivity contribution < 1.29 is 52.3 Å². The molecule has 15 heteroatoms. The Kier molecular flexibility index (Phi) is 21.8. The minimum Gasteiger partial charge on any atom is -0.460 e. The molecular formula is C42H70N4O11. The molecule has 2 fully saturated rings. The van der Waals surface area contributed by atoms with Gasteiger partial charge in [0.15, 0.2) is 0 Å². The van der Waals surface area contributed by atoms with Gasteiger partial charge in [0.25, 0.3) is 5.82 Å². The molecule has 1 aromatic rings. The molecule has 0 spiro atoms. The van der Waals surface area contributed by atoms with Crippen molar-refractivity contribution >= 4 is 35.7 Å². The predicted molar refractivity (Wildman–Crippen MR) is 213 cm³/mol. The Morgan fingerprint density at radius 3 is 1.77 bits per heavy atom. The number of oxime groups is 1. The van der Waals surface area contributed by atoms with Gasteiger partial charge in [-0.3, -0.25) is 9.59 Å². The second kappa shape index (κ2) is 25.3. The number of carbonyl (C=O) groups is 5. The van der Waals surface area contributed by atoms with Crippen LogP contribution in [-0.2, 0) is 43.0 Å². The van der Waals surface area contributed by atoms with Crippen LogP contribution >= 0.6 is 0 Å². The largest absolute Gasteiger partial charge is 0.460 e. The lowest BCUT2D eigenvalue weighted by Crippen LogP contribution is -2.29. The standard InChI is InChI=1S/C21H36N2O6.C21H34N2O5/c1-5-27-20(26)18(22)23-29-19(25)16(14-17(24)28-21(2,3)4)13-9-12-15-10-7-6-8-11-15;1-5-26-20(25)18-22-19(28-23-18)16(14-17(24)27-21(2,3)4)13-9-12-15-10-7-6-8-11-15/h15-16H,5-14H2,1-4H3,(H2,22,23);15-16H,5-14H2,1-4H3/t2*16-/m11/s1. The minimum atomic E-state index is -0.860. The fourth-order valence-electron chi connectivity index (χ4n) is 7.13. The van der Waals surface area contributed by atoms with Crippen molar-refractivity contribution in [2.45, 2.75) is 188 Å².